The average Bonchev–Trinajstić information content (AvgIpc) is 3.15. The van der Waals surface area contributed by atoms with Crippen molar-refractivity contribution >= 4 is 22.4 Å². The lowest BCUT2D eigenvalue weighted by Gasteiger charge is -2.22. The Morgan fingerprint density at radius 3 is 2.95 bits per heavy atom. The van der Waals surface area contributed by atoms with Crippen molar-refractivity contribution < 1.29 is 9.90 Å². The lowest BCUT2D eigenvalue weighted by molar-refractivity contribution is 0.166. The Kier molecular flexibility index (Phi) is 4.40. The van der Waals surface area contributed by atoms with Crippen LogP contribution in [0.2, 0.25) is 0 Å². The van der Waals surface area contributed by atoms with Gasteiger partial charge in [0.1, 0.15) is 10.0 Å². The highest BCUT2D eigenvalue weighted by Crippen LogP contribution is 2.32. The van der Waals surface area contributed by atoms with Gasteiger partial charge in [0.25, 0.3) is 0 Å². The Hall–Kier alpha value is -1.92. The Morgan fingerprint density at radius 1 is 1.45 bits per heavy atom. The maximum absolute atomic E-state index is 12.4. The van der Waals surface area contributed by atoms with E-state index in [0.29, 0.717) is 6.54 Å². The number of amides is 2. The van der Waals surface area contributed by atoms with E-state index in [1.807, 2.05) is 37.3 Å². The number of likely N-dealkylation sites (tertiary alicyclic amines) is 1. The summed E-state index contributed by atoms with van der Waals surface area (Å²) in [6.45, 7) is 2.61. The highest BCUT2D eigenvalue weighted by Gasteiger charge is 2.28. The predicted octanol–water partition coefficient (Wildman–Crippen LogP) is 3.11. The van der Waals surface area contributed by atoms with Crippen LogP contribution in [0.15, 0.2) is 30.3 Å². The van der Waals surface area contributed by atoms with Crippen molar-refractivity contribution in [2.24, 2.45) is 0 Å². The molecule has 0 spiro atoms. The molecule has 0 saturated carbocycles. The van der Waals surface area contributed by atoms with Gasteiger partial charge < -0.3 is 10.0 Å². The van der Waals surface area contributed by atoms with Gasteiger partial charge in [-0.15, -0.1) is 0 Å². The van der Waals surface area contributed by atoms with E-state index in [-0.39, 0.29) is 18.7 Å². The first kappa shape index (κ1) is 15.0. The highest BCUT2D eigenvalue weighted by atomic mass is 32.1. The number of aryl methyl sites for hydroxylation is 1. The van der Waals surface area contributed by atoms with Crippen molar-refractivity contribution in [3.63, 3.8) is 0 Å². The quantitative estimate of drug-likeness (QED) is 0.914. The van der Waals surface area contributed by atoms with Crippen LogP contribution < -0.4 is 5.32 Å². The molecule has 0 aliphatic carbocycles. The van der Waals surface area contributed by atoms with Crippen molar-refractivity contribution in [2.45, 2.75) is 25.8 Å². The predicted molar refractivity (Wildman–Crippen MR) is 88.1 cm³/mol. The maximum Gasteiger partial charge on any atom is 0.322 e. The van der Waals surface area contributed by atoms with Gasteiger partial charge in [-0.05, 0) is 19.8 Å². The van der Waals surface area contributed by atoms with E-state index >= 15 is 0 Å². The minimum absolute atomic E-state index is 0.0182. The van der Waals surface area contributed by atoms with Crippen LogP contribution >= 0.6 is 11.3 Å². The number of thiazole rings is 1. The molecule has 1 aromatic heterocycles. The van der Waals surface area contributed by atoms with E-state index in [2.05, 4.69) is 10.3 Å². The number of anilines is 1. The number of aliphatic hydroxyl groups excluding tert-OH is 1. The molecule has 116 valence electrons. The number of hydrogen-bond donors (Lipinski definition) is 2. The second-order valence-corrected chi connectivity index (χ2v) is 6.40. The first-order valence-corrected chi connectivity index (χ1v) is 8.22. The monoisotopic (exact) mass is 317 g/mol. The van der Waals surface area contributed by atoms with Gasteiger partial charge in [-0.3, -0.25) is 5.32 Å². The summed E-state index contributed by atoms with van der Waals surface area (Å²) in [5.41, 5.74) is 1.86. The van der Waals surface area contributed by atoms with Crippen LogP contribution in [-0.2, 0) is 0 Å². The summed E-state index contributed by atoms with van der Waals surface area (Å²) >= 11 is 1.48. The van der Waals surface area contributed by atoms with Crippen LogP contribution in [0.4, 0.5) is 9.80 Å². The average molecular weight is 317 g/mol. The number of nitrogens with zero attached hydrogens (tertiary/aromatic N) is 2. The lowest BCUT2D eigenvalue weighted by atomic mass is 10.2. The summed E-state index contributed by atoms with van der Waals surface area (Å²) in [6, 6.07) is 9.71. The molecular weight excluding hydrogens is 298 g/mol. The molecule has 1 atom stereocenters. The first-order valence-electron chi connectivity index (χ1n) is 7.40. The number of aromatic nitrogens is 1. The van der Waals surface area contributed by atoms with Gasteiger partial charge in [-0.1, -0.05) is 41.7 Å². The number of aliphatic hydroxyl groups is 1. The molecule has 6 heteroatoms. The zero-order chi connectivity index (χ0) is 15.5. The molecule has 3 rings (SSSR count). The zero-order valence-corrected chi connectivity index (χ0v) is 13.3. The Morgan fingerprint density at radius 2 is 2.23 bits per heavy atom. The Labute approximate surface area is 133 Å². The molecule has 0 bridgehead atoms. The normalized spacial score (nSPS) is 17.7. The number of rotatable bonds is 3. The summed E-state index contributed by atoms with van der Waals surface area (Å²) in [5, 5.41) is 13.9. The van der Waals surface area contributed by atoms with Gasteiger partial charge in [-0.2, -0.15) is 0 Å². The van der Waals surface area contributed by atoms with E-state index in [1.165, 1.54) is 11.3 Å². The summed E-state index contributed by atoms with van der Waals surface area (Å²) in [4.78, 5) is 18.6. The first-order chi connectivity index (χ1) is 10.7. The largest absolute Gasteiger partial charge is 0.394 e. The minimum Gasteiger partial charge on any atom is -0.394 e. The van der Waals surface area contributed by atoms with Crippen LogP contribution in [0.5, 0.6) is 0 Å². The van der Waals surface area contributed by atoms with Crippen molar-refractivity contribution in [3.05, 3.63) is 36.0 Å². The fraction of sp³-hybridized carbons (Fsp3) is 0.375. The van der Waals surface area contributed by atoms with Gasteiger partial charge >= 0.3 is 6.03 Å². The van der Waals surface area contributed by atoms with Crippen LogP contribution in [0.3, 0.4) is 0 Å². The van der Waals surface area contributed by atoms with Crippen LogP contribution in [-0.4, -0.2) is 40.2 Å². The van der Waals surface area contributed by atoms with Crippen LogP contribution in [0.1, 0.15) is 18.5 Å². The zero-order valence-electron chi connectivity index (χ0n) is 12.5. The smallest absolute Gasteiger partial charge is 0.322 e. The second kappa shape index (κ2) is 6.46. The fourth-order valence-electron chi connectivity index (χ4n) is 2.68. The molecule has 5 nitrogen and oxygen atoms in total. The third kappa shape index (κ3) is 2.98. The molecule has 1 fully saturated rings. The number of nitrogens with one attached hydrogen (secondary N) is 1. The Balaban J connectivity index is 1.76. The molecule has 2 heterocycles. The molecule has 22 heavy (non-hydrogen) atoms. The standard InChI is InChI=1S/C16H19N3O2S/c1-11-14(18-16(21)19-9-5-8-13(19)10-20)22-15(17-11)12-6-3-2-4-7-12/h2-4,6-7,13,20H,5,8-10H2,1H3,(H,18,21)/t13-/m0/s1. The highest BCUT2D eigenvalue weighted by molar-refractivity contribution is 7.19. The molecule has 1 aromatic carbocycles. The van der Waals surface area contributed by atoms with E-state index in [1.54, 1.807) is 4.90 Å². The van der Waals surface area contributed by atoms with Gasteiger partial charge in [0.15, 0.2) is 0 Å². The molecule has 1 saturated heterocycles. The van der Waals surface area contributed by atoms with Gasteiger partial charge in [0.05, 0.1) is 18.3 Å². The van der Waals surface area contributed by atoms with E-state index in [9.17, 15) is 9.90 Å². The minimum atomic E-state index is -0.150. The molecule has 2 amide bonds. The molecule has 2 aromatic rings. The second-order valence-electron chi connectivity index (χ2n) is 5.40. The molecular formula is C16H19N3O2S. The van der Waals surface area contributed by atoms with Crippen LogP contribution in [0.25, 0.3) is 10.6 Å². The molecule has 0 unspecified atom stereocenters. The number of hydrogen-bond acceptors (Lipinski definition) is 4. The molecule has 1 aliphatic heterocycles. The summed E-state index contributed by atoms with van der Waals surface area (Å²) in [7, 11) is 0. The molecule has 2 N–H and O–H groups in total. The topological polar surface area (TPSA) is 65.5 Å². The van der Waals surface area contributed by atoms with Gasteiger partial charge in [-0.25, -0.2) is 9.78 Å². The maximum atomic E-state index is 12.4. The third-order valence-corrected chi connectivity index (χ3v) is 5.01. The summed E-state index contributed by atoms with van der Waals surface area (Å²) in [5.74, 6) is 0. The van der Waals surface area contributed by atoms with Gasteiger partial charge in [0.2, 0.25) is 0 Å². The SMILES string of the molecule is Cc1nc(-c2ccccc2)sc1NC(=O)N1CCC[C@H]1CO. The molecule has 1 aliphatic rings. The summed E-state index contributed by atoms with van der Waals surface area (Å²) < 4.78 is 0. The van der Waals surface area contributed by atoms with Crippen molar-refractivity contribution in [1.29, 1.82) is 0 Å². The number of carbonyl (C=O) groups excluding carboxylic acids is 1. The van der Waals surface area contributed by atoms with E-state index < -0.39 is 0 Å². The van der Waals surface area contributed by atoms with E-state index in [0.717, 1.165) is 34.1 Å². The third-order valence-electron chi connectivity index (χ3n) is 3.89. The number of benzene rings is 1. The lowest BCUT2D eigenvalue weighted by Crippen LogP contribution is -2.40. The number of carbonyl (C=O) groups is 1. The number of urea groups is 1. The summed E-state index contributed by atoms with van der Waals surface area (Å²) in [6.07, 6.45) is 1.80. The van der Waals surface area contributed by atoms with Crippen molar-refractivity contribution in [1.82, 2.24) is 9.88 Å². The van der Waals surface area contributed by atoms with Crippen molar-refractivity contribution in [3.8, 4) is 10.6 Å². The van der Waals surface area contributed by atoms with Crippen LogP contribution in [0, 0.1) is 6.92 Å². The van der Waals surface area contributed by atoms with Gasteiger partial charge in [0, 0.05) is 12.1 Å². The van der Waals surface area contributed by atoms with E-state index in [4.69, 9.17) is 0 Å². The molecule has 0 radical (unpaired) electrons. The van der Waals surface area contributed by atoms with Crippen molar-refractivity contribution in [2.75, 3.05) is 18.5 Å². The Bertz CT molecular complexity index is 657. The fourth-order valence-corrected chi connectivity index (χ4v) is 3.64.